The van der Waals surface area contributed by atoms with Crippen molar-refractivity contribution < 1.29 is 10.2 Å². The van der Waals surface area contributed by atoms with Gasteiger partial charge in [0.05, 0.1) is 13.2 Å². The average Bonchev–Trinajstić information content (AvgIpc) is 2.38. The van der Waals surface area contributed by atoms with Crippen molar-refractivity contribution in [1.82, 2.24) is 0 Å². The fourth-order valence-electron chi connectivity index (χ4n) is 2.17. The quantitative estimate of drug-likeness (QED) is 0.710. The maximum absolute atomic E-state index is 8.98. The first-order valence-corrected chi connectivity index (χ1v) is 6.96. The Labute approximate surface area is 101 Å². The van der Waals surface area contributed by atoms with Gasteiger partial charge in [-0.25, -0.2) is 0 Å². The van der Waals surface area contributed by atoms with E-state index in [4.69, 9.17) is 10.2 Å². The van der Waals surface area contributed by atoms with Gasteiger partial charge in [0.2, 0.25) is 0 Å². The van der Waals surface area contributed by atoms with Crippen LogP contribution in [0.15, 0.2) is 0 Å². The lowest BCUT2D eigenvalue weighted by molar-refractivity contribution is 0.0234. The van der Waals surface area contributed by atoms with E-state index in [2.05, 4.69) is 13.8 Å². The Morgan fingerprint density at radius 3 is 1.50 bits per heavy atom. The molecule has 0 amide bonds. The highest BCUT2D eigenvalue weighted by Crippen LogP contribution is 2.34. The molecule has 0 aromatic carbocycles. The molecule has 98 valence electrons. The molecule has 16 heavy (non-hydrogen) atoms. The Balaban J connectivity index is 0.000000325. The van der Waals surface area contributed by atoms with Crippen molar-refractivity contribution in [3.8, 4) is 0 Å². The Bertz CT molecular complexity index is 130. The molecule has 2 N–H and O–H groups in total. The van der Waals surface area contributed by atoms with Crippen LogP contribution in [0.4, 0.5) is 0 Å². The van der Waals surface area contributed by atoms with Crippen molar-refractivity contribution in [2.24, 2.45) is 5.41 Å². The summed E-state index contributed by atoms with van der Waals surface area (Å²) in [5.41, 5.74) is -0.127. The summed E-state index contributed by atoms with van der Waals surface area (Å²) in [7, 11) is 0. The maximum atomic E-state index is 8.98. The zero-order valence-electron chi connectivity index (χ0n) is 11.2. The second-order valence-electron chi connectivity index (χ2n) is 5.08. The van der Waals surface area contributed by atoms with Crippen LogP contribution >= 0.6 is 0 Å². The highest BCUT2D eigenvalue weighted by atomic mass is 16.3. The molecule has 0 aliphatic heterocycles. The van der Waals surface area contributed by atoms with E-state index in [1.165, 1.54) is 44.9 Å². The second kappa shape index (κ2) is 10.1. The SMILES string of the molecule is CCCCCC.OCC1(CO)CCCCC1. The maximum Gasteiger partial charge on any atom is 0.0509 e. The molecule has 1 aliphatic carbocycles. The second-order valence-corrected chi connectivity index (χ2v) is 5.08. The molecular weight excluding hydrogens is 200 g/mol. The van der Waals surface area contributed by atoms with Crippen LogP contribution in [0, 0.1) is 5.41 Å². The first kappa shape index (κ1) is 15.9. The van der Waals surface area contributed by atoms with E-state index >= 15 is 0 Å². The molecule has 0 spiro atoms. The van der Waals surface area contributed by atoms with Crippen LogP contribution in [0.2, 0.25) is 0 Å². The van der Waals surface area contributed by atoms with Crippen molar-refractivity contribution >= 4 is 0 Å². The molecule has 0 unspecified atom stereocenters. The first-order chi connectivity index (χ1) is 7.74. The van der Waals surface area contributed by atoms with Crippen molar-refractivity contribution in [1.29, 1.82) is 0 Å². The van der Waals surface area contributed by atoms with Gasteiger partial charge in [-0.15, -0.1) is 0 Å². The summed E-state index contributed by atoms with van der Waals surface area (Å²) in [5, 5.41) is 18.0. The van der Waals surface area contributed by atoms with Crippen LogP contribution in [-0.2, 0) is 0 Å². The van der Waals surface area contributed by atoms with Crippen LogP contribution in [0.5, 0.6) is 0 Å². The highest BCUT2D eigenvalue weighted by molar-refractivity contribution is 4.80. The van der Waals surface area contributed by atoms with Gasteiger partial charge in [0, 0.05) is 5.41 Å². The molecule has 1 rings (SSSR count). The number of rotatable bonds is 5. The minimum atomic E-state index is -0.127. The molecule has 0 atom stereocenters. The van der Waals surface area contributed by atoms with Gasteiger partial charge >= 0.3 is 0 Å². The van der Waals surface area contributed by atoms with Gasteiger partial charge in [-0.05, 0) is 12.8 Å². The van der Waals surface area contributed by atoms with E-state index in [1.54, 1.807) is 0 Å². The normalized spacial score (nSPS) is 18.8. The molecule has 1 fully saturated rings. The van der Waals surface area contributed by atoms with E-state index in [0.29, 0.717) is 0 Å². The fraction of sp³-hybridized carbons (Fsp3) is 1.00. The summed E-state index contributed by atoms with van der Waals surface area (Å²) in [6.45, 7) is 4.78. The summed E-state index contributed by atoms with van der Waals surface area (Å²) in [4.78, 5) is 0. The molecule has 0 heterocycles. The first-order valence-electron chi connectivity index (χ1n) is 6.96. The molecule has 0 aromatic rings. The molecule has 2 heteroatoms. The zero-order chi connectivity index (χ0) is 12.3. The van der Waals surface area contributed by atoms with E-state index < -0.39 is 0 Å². The Morgan fingerprint density at radius 1 is 0.812 bits per heavy atom. The predicted octanol–water partition coefficient (Wildman–Crippen LogP) is 3.51. The van der Waals surface area contributed by atoms with E-state index in [-0.39, 0.29) is 18.6 Å². The van der Waals surface area contributed by atoms with Crippen molar-refractivity contribution in [2.45, 2.75) is 71.6 Å². The number of hydrogen-bond donors (Lipinski definition) is 2. The van der Waals surface area contributed by atoms with Gasteiger partial charge in [-0.2, -0.15) is 0 Å². The lowest BCUT2D eigenvalue weighted by Gasteiger charge is -2.33. The van der Waals surface area contributed by atoms with Crippen LogP contribution in [0.25, 0.3) is 0 Å². The summed E-state index contributed by atoms with van der Waals surface area (Å²) in [6.07, 6.45) is 11.1. The molecular formula is C14H30O2. The molecule has 0 radical (unpaired) electrons. The Hall–Kier alpha value is -0.0800. The minimum Gasteiger partial charge on any atom is -0.396 e. The van der Waals surface area contributed by atoms with Crippen LogP contribution in [-0.4, -0.2) is 23.4 Å². The van der Waals surface area contributed by atoms with E-state index in [9.17, 15) is 0 Å². The fourth-order valence-corrected chi connectivity index (χ4v) is 2.17. The number of aliphatic hydroxyl groups is 2. The van der Waals surface area contributed by atoms with Crippen molar-refractivity contribution in [3.63, 3.8) is 0 Å². The molecule has 1 saturated carbocycles. The van der Waals surface area contributed by atoms with Crippen molar-refractivity contribution in [2.75, 3.05) is 13.2 Å². The number of unbranched alkanes of at least 4 members (excludes halogenated alkanes) is 3. The van der Waals surface area contributed by atoms with Gasteiger partial charge < -0.3 is 10.2 Å². The summed E-state index contributed by atoms with van der Waals surface area (Å²) in [5.74, 6) is 0. The van der Waals surface area contributed by atoms with E-state index in [0.717, 1.165) is 12.8 Å². The smallest absolute Gasteiger partial charge is 0.0509 e. The topological polar surface area (TPSA) is 40.5 Å². The Kier molecular flexibility index (Phi) is 10.0. The molecule has 1 aliphatic rings. The molecule has 0 saturated heterocycles. The van der Waals surface area contributed by atoms with Crippen molar-refractivity contribution in [3.05, 3.63) is 0 Å². The van der Waals surface area contributed by atoms with Gasteiger partial charge in [0.1, 0.15) is 0 Å². The molecule has 2 nitrogen and oxygen atoms in total. The monoisotopic (exact) mass is 230 g/mol. The third-order valence-corrected chi connectivity index (χ3v) is 3.54. The summed E-state index contributed by atoms with van der Waals surface area (Å²) in [6, 6.07) is 0. The summed E-state index contributed by atoms with van der Waals surface area (Å²) >= 11 is 0. The van der Waals surface area contributed by atoms with Gasteiger partial charge in [-0.3, -0.25) is 0 Å². The van der Waals surface area contributed by atoms with Gasteiger partial charge in [-0.1, -0.05) is 58.8 Å². The molecule has 0 aromatic heterocycles. The van der Waals surface area contributed by atoms with Crippen LogP contribution in [0.1, 0.15) is 71.6 Å². The largest absolute Gasteiger partial charge is 0.396 e. The standard InChI is InChI=1S/C8H16O2.C6H14/c9-6-8(7-10)4-2-1-3-5-8;1-3-5-6-4-2/h9-10H,1-7H2;3-6H2,1-2H3. The zero-order valence-corrected chi connectivity index (χ0v) is 11.2. The lowest BCUT2D eigenvalue weighted by Crippen LogP contribution is -2.31. The number of hydrogen-bond acceptors (Lipinski definition) is 2. The van der Waals surface area contributed by atoms with Gasteiger partial charge in [0.15, 0.2) is 0 Å². The van der Waals surface area contributed by atoms with Gasteiger partial charge in [0.25, 0.3) is 0 Å². The summed E-state index contributed by atoms with van der Waals surface area (Å²) < 4.78 is 0. The molecule has 0 bridgehead atoms. The van der Waals surface area contributed by atoms with E-state index in [1.807, 2.05) is 0 Å². The Morgan fingerprint density at radius 2 is 1.25 bits per heavy atom. The highest BCUT2D eigenvalue weighted by Gasteiger charge is 2.30. The minimum absolute atomic E-state index is 0.127. The van der Waals surface area contributed by atoms with Crippen LogP contribution < -0.4 is 0 Å². The third-order valence-electron chi connectivity index (χ3n) is 3.54. The number of aliphatic hydroxyl groups excluding tert-OH is 2. The lowest BCUT2D eigenvalue weighted by atomic mass is 9.75. The van der Waals surface area contributed by atoms with Crippen LogP contribution in [0.3, 0.4) is 0 Å². The third kappa shape index (κ3) is 6.49. The average molecular weight is 230 g/mol. The predicted molar refractivity (Wildman–Crippen MR) is 69.5 cm³/mol.